The lowest BCUT2D eigenvalue weighted by atomic mass is 10.1. The van der Waals surface area contributed by atoms with E-state index in [4.69, 9.17) is 18.4 Å². The quantitative estimate of drug-likeness (QED) is 0.523. The first kappa shape index (κ1) is 19.3. The van der Waals surface area contributed by atoms with Crippen LogP contribution < -0.4 is 20.2 Å². The number of nitrogens with one attached hydrogen (secondary N) is 1. The van der Waals surface area contributed by atoms with Crippen LogP contribution in [0.25, 0.3) is 22.3 Å². The average molecular weight is 406 g/mol. The van der Waals surface area contributed by atoms with Crippen molar-refractivity contribution in [3.63, 3.8) is 0 Å². The lowest BCUT2D eigenvalue weighted by Gasteiger charge is -2.07. The van der Waals surface area contributed by atoms with Gasteiger partial charge in [-0.15, -0.1) is 0 Å². The number of carbonyl (C=O) groups is 1. The lowest BCUT2D eigenvalue weighted by Crippen LogP contribution is -2.24. The van der Waals surface area contributed by atoms with Crippen LogP contribution in [0.3, 0.4) is 0 Å². The van der Waals surface area contributed by atoms with Crippen LogP contribution in [0.5, 0.6) is 11.5 Å². The summed E-state index contributed by atoms with van der Waals surface area (Å²) in [5.41, 5.74) is 1.33. The predicted octanol–water partition coefficient (Wildman–Crippen LogP) is 3.40. The lowest BCUT2D eigenvalue weighted by molar-refractivity contribution is 0.0923. The highest BCUT2D eigenvalue weighted by molar-refractivity contribution is 5.93. The fraction of sp³-hybridized carbons (Fsp3) is 0.136. The molecular weight excluding hydrogens is 388 g/mol. The Morgan fingerprint density at radius 3 is 2.63 bits per heavy atom. The summed E-state index contributed by atoms with van der Waals surface area (Å²) < 4.78 is 21.4. The third-order valence-electron chi connectivity index (χ3n) is 4.52. The topological polar surface area (TPSA) is 104 Å². The van der Waals surface area contributed by atoms with E-state index in [0.717, 1.165) is 5.56 Å². The molecule has 0 bridgehead atoms. The summed E-state index contributed by atoms with van der Waals surface area (Å²) in [4.78, 5) is 24.6. The summed E-state index contributed by atoms with van der Waals surface area (Å²) in [7, 11) is 3.11. The van der Waals surface area contributed by atoms with Crippen LogP contribution in [0, 0.1) is 0 Å². The fourth-order valence-corrected chi connectivity index (χ4v) is 2.99. The summed E-state index contributed by atoms with van der Waals surface area (Å²) in [5, 5.41) is 7.07. The SMILES string of the molecule is COc1ccc(-c2cc(CNC(=O)c3cc(=O)c4ccccc4o3)no2)cc1OC. The highest BCUT2D eigenvalue weighted by Gasteiger charge is 2.14. The van der Waals surface area contributed by atoms with Crippen molar-refractivity contribution in [2.24, 2.45) is 0 Å². The average Bonchev–Trinajstić information content (AvgIpc) is 3.26. The number of para-hydroxylation sites is 1. The van der Waals surface area contributed by atoms with Crippen LogP contribution in [0.2, 0.25) is 0 Å². The Kier molecular flexibility index (Phi) is 5.21. The Labute approximate surface area is 171 Å². The number of benzene rings is 2. The molecule has 0 atom stereocenters. The standard InChI is InChI=1S/C22H18N2O6/c1-27-18-8-7-13(9-20(18)28-2)19-10-14(24-30-19)12-23-22(26)21-11-16(25)15-5-3-4-6-17(15)29-21/h3-11H,12H2,1-2H3,(H,23,26). The van der Waals surface area contributed by atoms with E-state index in [2.05, 4.69) is 10.5 Å². The first-order chi connectivity index (χ1) is 14.6. The van der Waals surface area contributed by atoms with Gasteiger partial charge in [-0.05, 0) is 30.3 Å². The Balaban J connectivity index is 1.48. The van der Waals surface area contributed by atoms with Gasteiger partial charge >= 0.3 is 0 Å². The van der Waals surface area contributed by atoms with Crippen molar-refractivity contribution in [1.82, 2.24) is 10.5 Å². The van der Waals surface area contributed by atoms with E-state index in [0.29, 0.717) is 33.9 Å². The molecule has 0 unspecified atom stereocenters. The molecule has 1 N–H and O–H groups in total. The molecule has 30 heavy (non-hydrogen) atoms. The van der Waals surface area contributed by atoms with E-state index < -0.39 is 5.91 Å². The van der Waals surface area contributed by atoms with Crippen molar-refractivity contribution in [1.29, 1.82) is 0 Å². The number of hydrogen-bond acceptors (Lipinski definition) is 7. The molecule has 4 rings (SSSR count). The van der Waals surface area contributed by atoms with Crippen LogP contribution in [0.15, 0.2) is 68.3 Å². The number of nitrogens with zero attached hydrogens (tertiary/aromatic N) is 1. The molecule has 0 aliphatic heterocycles. The van der Waals surface area contributed by atoms with Gasteiger partial charge in [0.15, 0.2) is 28.4 Å². The normalized spacial score (nSPS) is 10.7. The maximum Gasteiger partial charge on any atom is 0.287 e. The summed E-state index contributed by atoms with van der Waals surface area (Å²) in [6.07, 6.45) is 0. The summed E-state index contributed by atoms with van der Waals surface area (Å²) in [6, 6.07) is 15.0. The van der Waals surface area contributed by atoms with E-state index >= 15 is 0 Å². The van der Waals surface area contributed by atoms with E-state index in [1.54, 1.807) is 56.7 Å². The fourth-order valence-electron chi connectivity index (χ4n) is 2.99. The Hall–Kier alpha value is -4.07. The van der Waals surface area contributed by atoms with Gasteiger partial charge in [-0.1, -0.05) is 17.3 Å². The van der Waals surface area contributed by atoms with Crippen molar-refractivity contribution in [2.45, 2.75) is 6.54 Å². The number of aromatic nitrogens is 1. The zero-order chi connectivity index (χ0) is 21.1. The number of ether oxygens (including phenoxy) is 2. The smallest absolute Gasteiger partial charge is 0.287 e. The van der Waals surface area contributed by atoms with Crippen LogP contribution in [0.4, 0.5) is 0 Å². The van der Waals surface area contributed by atoms with Gasteiger partial charge in [0.25, 0.3) is 5.91 Å². The van der Waals surface area contributed by atoms with Crippen LogP contribution in [0.1, 0.15) is 16.2 Å². The number of fused-ring (bicyclic) bond motifs is 1. The third kappa shape index (κ3) is 3.75. The molecule has 0 saturated carbocycles. The number of amides is 1. The highest BCUT2D eigenvalue weighted by atomic mass is 16.5. The van der Waals surface area contributed by atoms with Gasteiger partial charge in [0.05, 0.1) is 26.2 Å². The van der Waals surface area contributed by atoms with Gasteiger partial charge in [-0.25, -0.2) is 0 Å². The molecule has 0 spiro atoms. The van der Waals surface area contributed by atoms with Crippen molar-refractivity contribution in [3.8, 4) is 22.8 Å². The predicted molar refractivity (Wildman–Crippen MR) is 109 cm³/mol. The monoisotopic (exact) mass is 406 g/mol. The maximum absolute atomic E-state index is 12.4. The van der Waals surface area contributed by atoms with Gasteiger partial charge in [0.1, 0.15) is 11.3 Å². The Morgan fingerprint density at radius 2 is 1.83 bits per heavy atom. The number of hydrogen-bond donors (Lipinski definition) is 1. The van der Waals surface area contributed by atoms with Crippen molar-refractivity contribution in [2.75, 3.05) is 14.2 Å². The zero-order valence-electron chi connectivity index (χ0n) is 16.3. The molecular formula is C22H18N2O6. The minimum Gasteiger partial charge on any atom is -0.493 e. The van der Waals surface area contributed by atoms with Gasteiger partial charge in [0.2, 0.25) is 0 Å². The number of methoxy groups -OCH3 is 2. The van der Waals surface area contributed by atoms with Crippen molar-refractivity contribution >= 4 is 16.9 Å². The second kappa shape index (κ2) is 8.12. The van der Waals surface area contributed by atoms with E-state index in [9.17, 15) is 9.59 Å². The van der Waals surface area contributed by atoms with Crippen molar-refractivity contribution in [3.05, 3.63) is 76.3 Å². The molecule has 2 aromatic carbocycles. The second-order valence-corrected chi connectivity index (χ2v) is 6.41. The van der Waals surface area contributed by atoms with E-state index in [1.165, 1.54) is 6.07 Å². The van der Waals surface area contributed by atoms with Gasteiger partial charge in [-0.2, -0.15) is 0 Å². The first-order valence-corrected chi connectivity index (χ1v) is 9.08. The molecule has 2 heterocycles. The Morgan fingerprint density at radius 1 is 1.03 bits per heavy atom. The first-order valence-electron chi connectivity index (χ1n) is 9.08. The molecule has 0 aliphatic rings. The summed E-state index contributed by atoms with van der Waals surface area (Å²) in [5.74, 6) is 1.09. The molecule has 0 fully saturated rings. The zero-order valence-corrected chi connectivity index (χ0v) is 16.3. The van der Waals surface area contributed by atoms with Gasteiger partial charge in [0, 0.05) is 17.7 Å². The molecule has 0 radical (unpaired) electrons. The minimum atomic E-state index is -0.520. The Bertz CT molecular complexity index is 1270. The molecule has 2 aromatic heterocycles. The molecule has 4 aromatic rings. The number of carbonyl (C=O) groups excluding carboxylic acids is 1. The third-order valence-corrected chi connectivity index (χ3v) is 4.52. The van der Waals surface area contributed by atoms with Crippen LogP contribution in [-0.4, -0.2) is 25.3 Å². The maximum atomic E-state index is 12.4. The highest BCUT2D eigenvalue weighted by Crippen LogP contribution is 2.32. The van der Waals surface area contributed by atoms with Gasteiger partial charge < -0.3 is 23.7 Å². The largest absolute Gasteiger partial charge is 0.493 e. The summed E-state index contributed by atoms with van der Waals surface area (Å²) in [6.45, 7) is 0.103. The molecule has 152 valence electrons. The van der Waals surface area contributed by atoms with E-state index in [1.807, 2.05) is 6.07 Å². The summed E-state index contributed by atoms with van der Waals surface area (Å²) >= 11 is 0. The minimum absolute atomic E-state index is 0.0673. The molecule has 8 nitrogen and oxygen atoms in total. The molecule has 8 heteroatoms. The molecule has 0 saturated heterocycles. The van der Waals surface area contributed by atoms with Crippen LogP contribution in [-0.2, 0) is 6.54 Å². The molecule has 1 amide bonds. The molecule has 0 aliphatic carbocycles. The van der Waals surface area contributed by atoms with Gasteiger partial charge in [-0.3, -0.25) is 9.59 Å². The van der Waals surface area contributed by atoms with E-state index in [-0.39, 0.29) is 17.7 Å². The number of rotatable bonds is 6. The van der Waals surface area contributed by atoms with Crippen LogP contribution >= 0.6 is 0 Å². The van der Waals surface area contributed by atoms with Crippen molar-refractivity contribution < 1.29 is 23.2 Å². The second-order valence-electron chi connectivity index (χ2n) is 6.41.